The second-order valence-electron chi connectivity index (χ2n) is 3.52. The Bertz CT molecular complexity index is 562. The van der Waals surface area contributed by atoms with Gasteiger partial charge in [-0.15, -0.1) is 0 Å². The van der Waals surface area contributed by atoms with Crippen LogP contribution in [0, 0.1) is 10.1 Å². The monoisotopic (exact) mass is 264 g/mol. The molecule has 0 aliphatic heterocycles. The second-order valence-corrected chi connectivity index (χ2v) is 3.93. The van der Waals surface area contributed by atoms with Gasteiger partial charge in [0.2, 0.25) is 0 Å². The number of benzene rings is 1. The standard InChI is InChI=1S/C11H9ClN4O2/c12-10-3-9(1-2-11(10)16(17)18)15-6-8-4-13-7-14-5-8/h1-5,7,15H,6H2. The van der Waals surface area contributed by atoms with E-state index in [0.717, 1.165) is 5.56 Å². The molecule has 0 bridgehead atoms. The molecule has 0 aliphatic carbocycles. The predicted octanol–water partition coefficient (Wildman–Crippen LogP) is 2.65. The van der Waals surface area contributed by atoms with Gasteiger partial charge in [-0.25, -0.2) is 9.97 Å². The Hall–Kier alpha value is -2.21. The van der Waals surface area contributed by atoms with Crippen molar-refractivity contribution in [3.63, 3.8) is 0 Å². The normalized spacial score (nSPS) is 10.1. The van der Waals surface area contributed by atoms with Gasteiger partial charge in [-0.05, 0) is 12.1 Å². The highest BCUT2D eigenvalue weighted by atomic mass is 35.5. The van der Waals surface area contributed by atoms with Crippen molar-refractivity contribution < 1.29 is 4.92 Å². The van der Waals surface area contributed by atoms with Crippen LogP contribution in [0.25, 0.3) is 0 Å². The summed E-state index contributed by atoms with van der Waals surface area (Å²) in [6.07, 6.45) is 4.83. The van der Waals surface area contributed by atoms with Crippen molar-refractivity contribution in [2.75, 3.05) is 5.32 Å². The summed E-state index contributed by atoms with van der Waals surface area (Å²) in [5.41, 5.74) is 1.51. The molecular weight excluding hydrogens is 256 g/mol. The van der Waals surface area contributed by atoms with Crippen LogP contribution in [0.2, 0.25) is 5.02 Å². The van der Waals surface area contributed by atoms with Crippen molar-refractivity contribution in [1.29, 1.82) is 0 Å². The van der Waals surface area contributed by atoms with Crippen LogP contribution in [-0.2, 0) is 6.54 Å². The lowest BCUT2D eigenvalue weighted by Gasteiger charge is -2.06. The molecule has 0 radical (unpaired) electrons. The van der Waals surface area contributed by atoms with Gasteiger partial charge >= 0.3 is 0 Å². The van der Waals surface area contributed by atoms with E-state index >= 15 is 0 Å². The van der Waals surface area contributed by atoms with Gasteiger partial charge < -0.3 is 5.32 Å². The number of hydrogen-bond donors (Lipinski definition) is 1. The quantitative estimate of drug-likeness (QED) is 0.678. The Morgan fingerprint density at radius 2 is 2.06 bits per heavy atom. The zero-order valence-corrected chi connectivity index (χ0v) is 9.96. The first kappa shape index (κ1) is 12.3. The highest BCUT2D eigenvalue weighted by Gasteiger charge is 2.11. The number of anilines is 1. The largest absolute Gasteiger partial charge is 0.381 e. The topological polar surface area (TPSA) is 81.0 Å². The van der Waals surface area contributed by atoms with Gasteiger partial charge in [0.1, 0.15) is 11.3 Å². The van der Waals surface area contributed by atoms with E-state index in [1.165, 1.54) is 18.5 Å². The molecule has 1 N–H and O–H groups in total. The Labute approximate surface area is 108 Å². The fourth-order valence-corrected chi connectivity index (χ4v) is 1.64. The van der Waals surface area contributed by atoms with Gasteiger partial charge in [0.05, 0.1) is 4.92 Å². The van der Waals surface area contributed by atoms with Crippen LogP contribution in [0.1, 0.15) is 5.56 Å². The summed E-state index contributed by atoms with van der Waals surface area (Å²) in [6.45, 7) is 0.523. The maximum Gasteiger partial charge on any atom is 0.288 e. The summed E-state index contributed by atoms with van der Waals surface area (Å²) in [6, 6.07) is 4.49. The van der Waals surface area contributed by atoms with Gasteiger partial charge in [-0.2, -0.15) is 0 Å². The summed E-state index contributed by atoms with van der Waals surface area (Å²) in [4.78, 5) is 17.9. The zero-order chi connectivity index (χ0) is 13.0. The molecule has 18 heavy (non-hydrogen) atoms. The first-order chi connectivity index (χ1) is 8.66. The number of nitrogens with one attached hydrogen (secondary N) is 1. The molecule has 2 rings (SSSR count). The van der Waals surface area contributed by atoms with E-state index in [0.29, 0.717) is 12.2 Å². The Kier molecular flexibility index (Phi) is 3.69. The molecule has 0 unspecified atom stereocenters. The second kappa shape index (κ2) is 5.42. The number of halogens is 1. The van der Waals surface area contributed by atoms with Crippen LogP contribution in [-0.4, -0.2) is 14.9 Å². The summed E-state index contributed by atoms with van der Waals surface area (Å²) in [7, 11) is 0. The molecular formula is C11H9ClN4O2. The molecule has 92 valence electrons. The molecule has 1 aromatic carbocycles. The third-order valence-electron chi connectivity index (χ3n) is 2.26. The number of hydrogen-bond acceptors (Lipinski definition) is 5. The molecule has 0 aliphatic rings. The molecule has 2 aromatic rings. The van der Waals surface area contributed by atoms with Gasteiger partial charge in [-0.1, -0.05) is 11.6 Å². The number of rotatable bonds is 4. The lowest BCUT2D eigenvalue weighted by molar-refractivity contribution is -0.384. The van der Waals surface area contributed by atoms with Crippen molar-refractivity contribution in [2.24, 2.45) is 0 Å². The fraction of sp³-hybridized carbons (Fsp3) is 0.0909. The van der Waals surface area contributed by atoms with Crippen LogP contribution in [0.15, 0.2) is 36.9 Å². The van der Waals surface area contributed by atoms with Gasteiger partial charge in [0, 0.05) is 36.3 Å². The van der Waals surface area contributed by atoms with Crippen LogP contribution < -0.4 is 5.32 Å². The number of nitrogens with zero attached hydrogens (tertiary/aromatic N) is 3. The Morgan fingerprint density at radius 1 is 1.33 bits per heavy atom. The molecule has 0 saturated carbocycles. The molecule has 1 aromatic heterocycles. The minimum Gasteiger partial charge on any atom is -0.381 e. The molecule has 0 fully saturated rings. The van der Waals surface area contributed by atoms with E-state index in [2.05, 4.69) is 15.3 Å². The Morgan fingerprint density at radius 3 is 2.67 bits per heavy atom. The van der Waals surface area contributed by atoms with E-state index in [1.807, 2.05) is 0 Å². The van der Waals surface area contributed by atoms with E-state index in [1.54, 1.807) is 18.5 Å². The van der Waals surface area contributed by atoms with E-state index in [4.69, 9.17) is 11.6 Å². The van der Waals surface area contributed by atoms with Crippen LogP contribution in [0.4, 0.5) is 11.4 Å². The highest BCUT2D eigenvalue weighted by Crippen LogP contribution is 2.27. The molecule has 0 amide bonds. The summed E-state index contributed by atoms with van der Waals surface area (Å²) < 4.78 is 0. The summed E-state index contributed by atoms with van der Waals surface area (Å²) >= 11 is 5.80. The average Bonchev–Trinajstić information content (AvgIpc) is 2.37. The van der Waals surface area contributed by atoms with E-state index in [9.17, 15) is 10.1 Å². The zero-order valence-electron chi connectivity index (χ0n) is 9.21. The molecule has 1 heterocycles. The van der Waals surface area contributed by atoms with Crippen molar-refractivity contribution in [3.8, 4) is 0 Å². The van der Waals surface area contributed by atoms with Gasteiger partial charge in [0.15, 0.2) is 0 Å². The maximum atomic E-state index is 10.6. The Balaban J connectivity index is 2.07. The van der Waals surface area contributed by atoms with Crippen LogP contribution >= 0.6 is 11.6 Å². The van der Waals surface area contributed by atoms with Gasteiger partial charge in [0.25, 0.3) is 5.69 Å². The first-order valence-electron chi connectivity index (χ1n) is 5.08. The van der Waals surface area contributed by atoms with E-state index in [-0.39, 0.29) is 10.7 Å². The van der Waals surface area contributed by atoms with E-state index < -0.39 is 4.92 Å². The molecule has 6 nitrogen and oxygen atoms in total. The maximum absolute atomic E-state index is 10.6. The molecule has 0 atom stereocenters. The predicted molar refractivity (Wildman–Crippen MR) is 67.5 cm³/mol. The lowest BCUT2D eigenvalue weighted by atomic mass is 10.2. The number of nitro groups is 1. The van der Waals surface area contributed by atoms with Crippen molar-refractivity contribution in [1.82, 2.24) is 9.97 Å². The molecule has 7 heteroatoms. The van der Waals surface area contributed by atoms with Crippen molar-refractivity contribution in [2.45, 2.75) is 6.54 Å². The summed E-state index contributed by atoms with van der Waals surface area (Å²) in [5.74, 6) is 0. The first-order valence-corrected chi connectivity index (χ1v) is 5.46. The van der Waals surface area contributed by atoms with Crippen LogP contribution in [0.3, 0.4) is 0 Å². The highest BCUT2D eigenvalue weighted by molar-refractivity contribution is 6.32. The molecule has 0 spiro atoms. The SMILES string of the molecule is O=[N+]([O-])c1ccc(NCc2cncnc2)cc1Cl. The smallest absolute Gasteiger partial charge is 0.288 e. The van der Waals surface area contributed by atoms with Gasteiger partial charge in [-0.3, -0.25) is 10.1 Å². The summed E-state index contributed by atoms with van der Waals surface area (Å²) in [5, 5.41) is 13.8. The third kappa shape index (κ3) is 2.92. The van der Waals surface area contributed by atoms with Crippen LogP contribution in [0.5, 0.6) is 0 Å². The van der Waals surface area contributed by atoms with Crippen molar-refractivity contribution in [3.05, 3.63) is 57.6 Å². The average molecular weight is 265 g/mol. The lowest BCUT2D eigenvalue weighted by Crippen LogP contribution is -2.00. The fourth-order valence-electron chi connectivity index (χ4n) is 1.39. The number of nitro benzene ring substituents is 1. The minimum atomic E-state index is -0.517. The van der Waals surface area contributed by atoms with Crippen molar-refractivity contribution >= 4 is 23.0 Å². The number of aromatic nitrogens is 2. The third-order valence-corrected chi connectivity index (χ3v) is 2.56. The molecule has 0 saturated heterocycles. The minimum absolute atomic E-state index is 0.106.